The molecule has 0 spiro atoms. The van der Waals surface area contributed by atoms with Crippen LogP contribution < -0.4 is 15.3 Å². The SMILES string of the molecule is N=c1n(CCCOc2ccc(F)cc2)c2ccccc2n1Cc1cccc(N2CCN(Cc3ccccc3-c3ccc(Cl)cc3)CC2)c1. The molecule has 1 fully saturated rings. The minimum absolute atomic E-state index is 0.277. The predicted molar refractivity (Wildman–Crippen MR) is 192 cm³/mol. The molecule has 2 heterocycles. The van der Waals surface area contributed by atoms with E-state index in [2.05, 4.69) is 91.7 Å². The molecule has 1 aromatic heterocycles. The zero-order chi connectivity index (χ0) is 32.9. The van der Waals surface area contributed by atoms with Crippen LogP contribution in [0.4, 0.5) is 10.1 Å². The molecule has 0 saturated carbocycles. The van der Waals surface area contributed by atoms with E-state index in [0.29, 0.717) is 31.1 Å². The molecule has 7 rings (SSSR count). The number of para-hydroxylation sites is 2. The summed E-state index contributed by atoms with van der Waals surface area (Å²) in [5, 5.41) is 9.87. The summed E-state index contributed by atoms with van der Waals surface area (Å²) in [6, 6.07) is 39.8. The van der Waals surface area contributed by atoms with Crippen molar-refractivity contribution in [2.24, 2.45) is 0 Å². The zero-order valence-corrected chi connectivity index (χ0v) is 27.6. The van der Waals surface area contributed by atoms with E-state index in [4.69, 9.17) is 21.7 Å². The van der Waals surface area contributed by atoms with Crippen LogP contribution in [0.25, 0.3) is 22.2 Å². The largest absolute Gasteiger partial charge is 0.494 e. The number of rotatable bonds is 11. The molecule has 8 heteroatoms. The fourth-order valence-electron chi connectivity index (χ4n) is 6.63. The van der Waals surface area contributed by atoms with Crippen molar-refractivity contribution >= 4 is 28.3 Å². The van der Waals surface area contributed by atoms with Crippen molar-refractivity contribution < 1.29 is 9.13 Å². The van der Waals surface area contributed by atoms with E-state index in [1.165, 1.54) is 40.1 Å². The first kappa shape index (κ1) is 31.7. The van der Waals surface area contributed by atoms with Gasteiger partial charge < -0.3 is 18.8 Å². The first-order valence-corrected chi connectivity index (χ1v) is 16.9. The molecule has 1 aliphatic rings. The number of hydrogen-bond acceptors (Lipinski definition) is 4. The number of aryl methyl sites for hydroxylation is 1. The lowest BCUT2D eigenvalue weighted by molar-refractivity contribution is 0.250. The van der Waals surface area contributed by atoms with Crippen LogP contribution >= 0.6 is 11.6 Å². The second kappa shape index (κ2) is 14.5. The van der Waals surface area contributed by atoms with Crippen LogP contribution in [0, 0.1) is 11.2 Å². The number of aromatic nitrogens is 2. The summed E-state index contributed by atoms with van der Waals surface area (Å²) in [5.41, 5.74) is 8.73. The van der Waals surface area contributed by atoms with Gasteiger partial charge in [-0.05, 0) is 89.3 Å². The number of piperazine rings is 1. The number of ether oxygens (including phenoxy) is 1. The topological polar surface area (TPSA) is 49.4 Å². The Hall–Kier alpha value is -4.85. The smallest absolute Gasteiger partial charge is 0.203 e. The van der Waals surface area contributed by atoms with Crippen molar-refractivity contribution in [1.29, 1.82) is 5.41 Å². The van der Waals surface area contributed by atoms with Crippen molar-refractivity contribution in [1.82, 2.24) is 14.0 Å². The van der Waals surface area contributed by atoms with E-state index in [1.807, 2.05) is 24.3 Å². The highest BCUT2D eigenvalue weighted by Crippen LogP contribution is 2.27. The van der Waals surface area contributed by atoms with Crippen LogP contribution in [0.5, 0.6) is 5.75 Å². The van der Waals surface area contributed by atoms with Gasteiger partial charge in [-0.2, -0.15) is 0 Å². The molecule has 48 heavy (non-hydrogen) atoms. The Kier molecular flexibility index (Phi) is 9.59. The lowest BCUT2D eigenvalue weighted by atomic mass is 9.99. The van der Waals surface area contributed by atoms with Gasteiger partial charge in [-0.15, -0.1) is 0 Å². The van der Waals surface area contributed by atoms with E-state index in [-0.39, 0.29) is 5.82 Å². The number of fused-ring (bicyclic) bond motifs is 1. The third-order valence-electron chi connectivity index (χ3n) is 9.14. The Morgan fingerprint density at radius 3 is 2.19 bits per heavy atom. The van der Waals surface area contributed by atoms with Crippen LogP contribution in [0.3, 0.4) is 0 Å². The highest BCUT2D eigenvalue weighted by Gasteiger charge is 2.19. The molecular formula is C40H39ClFN5O. The lowest BCUT2D eigenvalue weighted by Crippen LogP contribution is -2.46. The Balaban J connectivity index is 0.998. The van der Waals surface area contributed by atoms with Gasteiger partial charge >= 0.3 is 0 Å². The maximum absolute atomic E-state index is 13.2. The van der Waals surface area contributed by atoms with Crippen molar-refractivity contribution in [2.45, 2.75) is 26.1 Å². The molecule has 1 saturated heterocycles. The maximum Gasteiger partial charge on any atom is 0.203 e. The van der Waals surface area contributed by atoms with E-state index in [9.17, 15) is 4.39 Å². The van der Waals surface area contributed by atoms with Crippen LogP contribution in [0.1, 0.15) is 17.5 Å². The van der Waals surface area contributed by atoms with Gasteiger partial charge in [0.25, 0.3) is 0 Å². The maximum atomic E-state index is 13.2. The summed E-state index contributed by atoms with van der Waals surface area (Å²) in [6.07, 6.45) is 0.732. The Morgan fingerprint density at radius 2 is 1.42 bits per heavy atom. The lowest BCUT2D eigenvalue weighted by Gasteiger charge is -2.36. The molecule has 244 valence electrons. The van der Waals surface area contributed by atoms with Gasteiger partial charge in [-0.3, -0.25) is 10.3 Å². The van der Waals surface area contributed by atoms with Gasteiger partial charge in [0.05, 0.1) is 24.2 Å². The molecule has 0 bridgehead atoms. The molecule has 0 unspecified atom stereocenters. The second-order valence-electron chi connectivity index (χ2n) is 12.3. The molecule has 6 nitrogen and oxygen atoms in total. The predicted octanol–water partition coefficient (Wildman–Crippen LogP) is 8.22. The quantitative estimate of drug-likeness (QED) is 0.143. The van der Waals surface area contributed by atoms with Crippen molar-refractivity contribution in [3.8, 4) is 16.9 Å². The number of nitrogens with one attached hydrogen (secondary N) is 1. The molecule has 1 aliphatic heterocycles. The Morgan fingerprint density at radius 1 is 0.708 bits per heavy atom. The van der Waals surface area contributed by atoms with Gasteiger partial charge in [-0.1, -0.05) is 72.3 Å². The molecule has 1 N–H and O–H groups in total. The molecule has 0 aliphatic carbocycles. The van der Waals surface area contributed by atoms with Gasteiger partial charge in [-0.25, -0.2) is 4.39 Å². The minimum atomic E-state index is -0.277. The monoisotopic (exact) mass is 659 g/mol. The Labute approximate surface area is 285 Å². The highest BCUT2D eigenvalue weighted by atomic mass is 35.5. The summed E-state index contributed by atoms with van der Waals surface area (Å²) in [7, 11) is 0. The summed E-state index contributed by atoms with van der Waals surface area (Å²) < 4.78 is 23.2. The standard InChI is InChI=1S/C40H39ClFN5O/c41-33-15-13-31(14-16-33)37-10-2-1-8-32(37)29-44-22-24-45(25-23-44)35-9-5-7-30(27-35)28-47-39-12-4-3-11-38(39)46(40(47)43)21-6-26-48-36-19-17-34(42)18-20-36/h1-5,7-20,27,43H,6,21-26,28-29H2. The van der Waals surface area contributed by atoms with Crippen LogP contribution in [-0.2, 0) is 19.6 Å². The normalized spacial score (nSPS) is 13.7. The van der Waals surface area contributed by atoms with Gasteiger partial charge in [0, 0.05) is 50.0 Å². The van der Waals surface area contributed by atoms with E-state index in [0.717, 1.165) is 55.2 Å². The third kappa shape index (κ3) is 7.18. The van der Waals surface area contributed by atoms with Gasteiger partial charge in [0.15, 0.2) is 0 Å². The van der Waals surface area contributed by atoms with E-state index in [1.54, 1.807) is 12.1 Å². The fourth-order valence-corrected chi connectivity index (χ4v) is 6.76. The van der Waals surface area contributed by atoms with Gasteiger partial charge in [0.1, 0.15) is 11.6 Å². The minimum Gasteiger partial charge on any atom is -0.494 e. The summed E-state index contributed by atoms with van der Waals surface area (Å²) in [4.78, 5) is 5.01. The molecule has 0 amide bonds. The second-order valence-corrected chi connectivity index (χ2v) is 12.7. The van der Waals surface area contributed by atoms with E-state index < -0.39 is 0 Å². The molecule has 0 atom stereocenters. The molecule has 6 aromatic rings. The first-order valence-electron chi connectivity index (χ1n) is 16.5. The van der Waals surface area contributed by atoms with Crippen molar-refractivity contribution in [2.75, 3.05) is 37.7 Å². The van der Waals surface area contributed by atoms with Crippen molar-refractivity contribution in [3.63, 3.8) is 0 Å². The molecular weight excluding hydrogens is 621 g/mol. The summed E-state index contributed by atoms with van der Waals surface area (Å²) >= 11 is 6.15. The van der Waals surface area contributed by atoms with Crippen molar-refractivity contribution in [3.05, 3.63) is 149 Å². The number of imidazole rings is 1. The third-order valence-corrected chi connectivity index (χ3v) is 9.39. The average Bonchev–Trinajstić information content (AvgIpc) is 3.38. The number of benzene rings is 5. The summed E-state index contributed by atoms with van der Waals surface area (Å²) in [5.74, 6) is 0.372. The van der Waals surface area contributed by atoms with Crippen LogP contribution in [0.15, 0.2) is 121 Å². The average molecular weight is 660 g/mol. The zero-order valence-electron chi connectivity index (χ0n) is 26.9. The number of halogens is 2. The first-order chi connectivity index (χ1) is 23.5. The number of nitrogens with zero attached hydrogens (tertiary/aromatic N) is 4. The van der Waals surface area contributed by atoms with E-state index >= 15 is 0 Å². The molecule has 5 aromatic carbocycles. The fraction of sp³-hybridized carbons (Fsp3) is 0.225. The van der Waals surface area contributed by atoms with Gasteiger partial charge in [0.2, 0.25) is 5.62 Å². The molecule has 0 radical (unpaired) electrons. The number of anilines is 1. The number of hydrogen-bond donors (Lipinski definition) is 1. The van der Waals surface area contributed by atoms with Crippen LogP contribution in [0.2, 0.25) is 5.02 Å². The highest BCUT2D eigenvalue weighted by molar-refractivity contribution is 6.30. The Bertz CT molecular complexity index is 2050. The summed E-state index contributed by atoms with van der Waals surface area (Å²) in [6.45, 7) is 6.58. The van der Waals surface area contributed by atoms with Crippen LogP contribution in [-0.4, -0.2) is 46.8 Å².